The van der Waals surface area contributed by atoms with Crippen LogP contribution in [-0.4, -0.2) is 33.9 Å². The lowest BCUT2D eigenvalue weighted by atomic mass is 10.0. The van der Waals surface area contributed by atoms with Gasteiger partial charge in [0.15, 0.2) is 0 Å². The summed E-state index contributed by atoms with van der Waals surface area (Å²) in [4.78, 5) is 4.72. The molecule has 1 heterocycles. The van der Waals surface area contributed by atoms with Crippen LogP contribution in [0.4, 0.5) is 0 Å². The molecule has 1 aliphatic carbocycles. The average molecular weight is 265 g/mol. The van der Waals surface area contributed by atoms with Crippen LogP contribution in [0.25, 0.3) is 0 Å². The molecule has 0 saturated carbocycles. The quantitative estimate of drug-likeness (QED) is 0.790. The van der Waals surface area contributed by atoms with Crippen molar-refractivity contribution < 1.29 is 5.11 Å². The zero-order valence-electron chi connectivity index (χ0n) is 12.3. The van der Waals surface area contributed by atoms with E-state index < -0.39 is 0 Å². The van der Waals surface area contributed by atoms with E-state index in [1.807, 2.05) is 0 Å². The lowest BCUT2D eigenvalue weighted by Gasteiger charge is -2.22. The van der Waals surface area contributed by atoms with Crippen molar-refractivity contribution in [3.05, 3.63) is 17.2 Å². The summed E-state index contributed by atoms with van der Waals surface area (Å²) in [6.45, 7) is 6.48. The third-order valence-electron chi connectivity index (χ3n) is 3.99. The van der Waals surface area contributed by atoms with E-state index >= 15 is 0 Å². The molecule has 4 heteroatoms. The fourth-order valence-corrected chi connectivity index (χ4v) is 2.96. The molecule has 1 aromatic heterocycles. The van der Waals surface area contributed by atoms with Crippen LogP contribution >= 0.6 is 0 Å². The van der Waals surface area contributed by atoms with Crippen molar-refractivity contribution in [1.29, 1.82) is 0 Å². The molecule has 0 radical (unpaired) electrons. The molecule has 0 spiro atoms. The van der Waals surface area contributed by atoms with Crippen molar-refractivity contribution in [3.63, 3.8) is 0 Å². The number of aromatic nitrogens is 2. The summed E-state index contributed by atoms with van der Waals surface area (Å²) >= 11 is 0. The molecule has 1 aromatic rings. The second kappa shape index (κ2) is 7.06. The minimum atomic E-state index is 0.247. The Bertz CT molecular complexity index is 400. The van der Waals surface area contributed by atoms with Gasteiger partial charge in [0.2, 0.25) is 0 Å². The zero-order chi connectivity index (χ0) is 13.7. The van der Waals surface area contributed by atoms with Crippen molar-refractivity contribution >= 4 is 0 Å². The lowest BCUT2D eigenvalue weighted by Crippen LogP contribution is -2.35. The first-order valence-electron chi connectivity index (χ1n) is 7.65. The van der Waals surface area contributed by atoms with Gasteiger partial charge < -0.3 is 15.0 Å². The Kier molecular flexibility index (Phi) is 5.40. The number of fused-ring (bicyclic) bond motifs is 1. The van der Waals surface area contributed by atoms with Crippen LogP contribution in [0.5, 0.6) is 0 Å². The van der Waals surface area contributed by atoms with E-state index in [4.69, 9.17) is 4.98 Å². The highest BCUT2D eigenvalue weighted by molar-refractivity contribution is 5.20. The van der Waals surface area contributed by atoms with E-state index in [2.05, 4.69) is 23.7 Å². The van der Waals surface area contributed by atoms with Crippen LogP contribution in [0.2, 0.25) is 0 Å². The molecule has 0 amide bonds. The van der Waals surface area contributed by atoms with Crippen LogP contribution in [0, 0.1) is 6.92 Å². The number of hydrogen-bond donors (Lipinski definition) is 2. The van der Waals surface area contributed by atoms with Crippen LogP contribution in [0.3, 0.4) is 0 Å². The Hall–Kier alpha value is -0.870. The van der Waals surface area contributed by atoms with Gasteiger partial charge in [-0.3, -0.25) is 0 Å². The molecule has 0 saturated heterocycles. The van der Waals surface area contributed by atoms with Gasteiger partial charge in [0.1, 0.15) is 5.82 Å². The molecule has 0 aliphatic heterocycles. The van der Waals surface area contributed by atoms with Gasteiger partial charge in [-0.2, -0.15) is 0 Å². The molecule has 2 rings (SSSR count). The summed E-state index contributed by atoms with van der Waals surface area (Å²) in [5, 5.41) is 12.7. The number of imidazole rings is 1. The number of hydrogen-bond acceptors (Lipinski definition) is 3. The maximum atomic E-state index is 9.21. The van der Waals surface area contributed by atoms with Gasteiger partial charge in [0, 0.05) is 24.9 Å². The second-order valence-corrected chi connectivity index (χ2v) is 5.53. The molecule has 0 bridgehead atoms. The summed E-state index contributed by atoms with van der Waals surface area (Å²) in [7, 11) is 0. The summed E-state index contributed by atoms with van der Waals surface area (Å²) in [5.41, 5.74) is 2.74. The van der Waals surface area contributed by atoms with Gasteiger partial charge in [-0.15, -0.1) is 0 Å². The van der Waals surface area contributed by atoms with E-state index in [-0.39, 0.29) is 6.61 Å². The molecule has 108 valence electrons. The van der Waals surface area contributed by atoms with Crippen molar-refractivity contribution in [2.24, 2.45) is 0 Å². The van der Waals surface area contributed by atoms with E-state index in [9.17, 15) is 5.11 Å². The topological polar surface area (TPSA) is 50.1 Å². The normalized spacial score (nSPS) is 16.4. The predicted molar refractivity (Wildman–Crippen MR) is 77.4 cm³/mol. The highest BCUT2D eigenvalue weighted by Gasteiger charge is 2.19. The monoisotopic (exact) mass is 265 g/mol. The van der Waals surface area contributed by atoms with Gasteiger partial charge >= 0.3 is 0 Å². The Morgan fingerprint density at radius 1 is 1.37 bits per heavy atom. The Morgan fingerprint density at radius 2 is 2.16 bits per heavy atom. The third kappa shape index (κ3) is 3.57. The Morgan fingerprint density at radius 3 is 2.89 bits per heavy atom. The molecule has 2 N–H and O–H groups in total. The number of nitrogens with one attached hydrogen (secondary N) is 1. The predicted octanol–water partition coefficient (Wildman–Crippen LogP) is 1.82. The smallest absolute Gasteiger partial charge is 0.106 e. The fraction of sp³-hybridized carbons (Fsp3) is 0.800. The SMILES string of the molecule is CCCNC(CCO)Cn1c(C)nc2c1CCCC2. The van der Waals surface area contributed by atoms with Crippen molar-refractivity contribution in [2.75, 3.05) is 13.2 Å². The van der Waals surface area contributed by atoms with Gasteiger partial charge in [-0.05, 0) is 52.0 Å². The molecular weight excluding hydrogens is 238 g/mol. The second-order valence-electron chi connectivity index (χ2n) is 5.53. The molecule has 1 unspecified atom stereocenters. The van der Waals surface area contributed by atoms with Gasteiger partial charge in [0.25, 0.3) is 0 Å². The summed E-state index contributed by atoms with van der Waals surface area (Å²) < 4.78 is 2.37. The summed E-state index contributed by atoms with van der Waals surface area (Å²) in [6, 6.07) is 0.351. The fourth-order valence-electron chi connectivity index (χ4n) is 2.96. The molecular formula is C15H27N3O. The van der Waals surface area contributed by atoms with E-state index in [1.54, 1.807) is 0 Å². The summed E-state index contributed by atoms with van der Waals surface area (Å²) in [6.07, 6.45) is 6.80. The van der Waals surface area contributed by atoms with Crippen LogP contribution in [0.15, 0.2) is 0 Å². The van der Waals surface area contributed by atoms with Gasteiger partial charge in [-0.25, -0.2) is 4.98 Å². The molecule has 1 aliphatic rings. The van der Waals surface area contributed by atoms with Crippen molar-refractivity contribution in [2.45, 2.75) is 65.0 Å². The first kappa shape index (κ1) is 14.5. The molecule has 0 aromatic carbocycles. The van der Waals surface area contributed by atoms with Gasteiger partial charge in [0.05, 0.1) is 5.69 Å². The summed E-state index contributed by atoms with van der Waals surface area (Å²) in [5.74, 6) is 1.13. The number of rotatable bonds is 7. The lowest BCUT2D eigenvalue weighted by molar-refractivity contribution is 0.255. The van der Waals surface area contributed by atoms with Crippen molar-refractivity contribution in [3.8, 4) is 0 Å². The number of aliphatic hydroxyl groups excluding tert-OH is 1. The molecule has 19 heavy (non-hydrogen) atoms. The molecule has 1 atom stereocenters. The maximum Gasteiger partial charge on any atom is 0.106 e. The largest absolute Gasteiger partial charge is 0.396 e. The van der Waals surface area contributed by atoms with Gasteiger partial charge in [-0.1, -0.05) is 6.92 Å². The highest BCUT2D eigenvalue weighted by Crippen LogP contribution is 2.22. The Labute approximate surface area is 116 Å². The third-order valence-corrected chi connectivity index (χ3v) is 3.99. The minimum Gasteiger partial charge on any atom is -0.396 e. The first-order chi connectivity index (χ1) is 9.26. The number of aryl methyl sites for hydroxylation is 2. The first-order valence-corrected chi connectivity index (χ1v) is 7.65. The van der Waals surface area contributed by atoms with E-state index in [0.717, 1.165) is 44.6 Å². The maximum absolute atomic E-state index is 9.21. The van der Waals surface area contributed by atoms with Crippen LogP contribution in [-0.2, 0) is 19.4 Å². The van der Waals surface area contributed by atoms with E-state index in [1.165, 1.54) is 24.2 Å². The zero-order valence-corrected chi connectivity index (χ0v) is 12.3. The molecule has 4 nitrogen and oxygen atoms in total. The standard InChI is InChI=1S/C15H27N3O/c1-3-9-16-13(8-10-19)11-18-12(2)17-14-6-4-5-7-15(14)18/h13,16,19H,3-11H2,1-2H3. The van der Waals surface area contributed by atoms with E-state index in [0.29, 0.717) is 6.04 Å². The minimum absolute atomic E-state index is 0.247. The van der Waals surface area contributed by atoms with Crippen LogP contribution < -0.4 is 5.32 Å². The molecule has 0 fully saturated rings. The Balaban J connectivity index is 2.09. The average Bonchev–Trinajstić information content (AvgIpc) is 2.73. The number of aliphatic hydroxyl groups is 1. The van der Waals surface area contributed by atoms with Crippen LogP contribution in [0.1, 0.15) is 49.8 Å². The highest BCUT2D eigenvalue weighted by atomic mass is 16.3. The number of nitrogens with zero attached hydrogens (tertiary/aromatic N) is 2. The van der Waals surface area contributed by atoms with Crippen molar-refractivity contribution in [1.82, 2.24) is 14.9 Å².